The fourth-order valence-corrected chi connectivity index (χ4v) is 5.46. The molecule has 42 heavy (non-hydrogen) atoms. The lowest BCUT2D eigenvalue weighted by Crippen LogP contribution is -2.31. The zero-order valence-corrected chi connectivity index (χ0v) is 28.3. The zero-order chi connectivity index (χ0) is 30.9. The molecule has 0 spiro atoms. The van der Waals surface area contributed by atoms with E-state index in [9.17, 15) is 14.7 Å². The highest BCUT2D eigenvalue weighted by Gasteiger charge is 2.16. The highest BCUT2D eigenvalue weighted by molar-refractivity contribution is 5.69. The second-order valence-corrected chi connectivity index (χ2v) is 12.3. The Bertz CT molecular complexity index is 569. The van der Waals surface area contributed by atoms with E-state index in [2.05, 4.69) is 25.7 Å². The summed E-state index contributed by atoms with van der Waals surface area (Å²) in [5.41, 5.74) is 0. The summed E-state index contributed by atoms with van der Waals surface area (Å²) in [6, 6.07) is 0. The smallest absolute Gasteiger partial charge is 0.307 e. The van der Waals surface area contributed by atoms with Crippen molar-refractivity contribution in [2.24, 2.45) is 0 Å². The topological polar surface area (TPSA) is 76.1 Å². The van der Waals surface area contributed by atoms with Gasteiger partial charge < -0.3 is 19.5 Å². The molecule has 0 aliphatic carbocycles. The molecular weight excluding hydrogens is 526 g/mol. The molecule has 0 radical (unpaired) electrons. The van der Waals surface area contributed by atoms with Crippen LogP contribution in [0, 0.1) is 0 Å². The van der Waals surface area contributed by atoms with Crippen molar-refractivity contribution >= 4 is 11.9 Å². The van der Waals surface area contributed by atoms with Gasteiger partial charge in [-0.2, -0.15) is 0 Å². The minimum absolute atomic E-state index is 0.0552. The van der Waals surface area contributed by atoms with Crippen molar-refractivity contribution in [3.8, 4) is 0 Å². The van der Waals surface area contributed by atoms with E-state index in [1.165, 1.54) is 64.2 Å². The average Bonchev–Trinajstić information content (AvgIpc) is 2.98. The van der Waals surface area contributed by atoms with Gasteiger partial charge in [0, 0.05) is 19.5 Å². The first-order valence-corrected chi connectivity index (χ1v) is 18.3. The molecule has 0 saturated heterocycles. The Morgan fingerprint density at radius 1 is 0.548 bits per heavy atom. The van der Waals surface area contributed by atoms with Gasteiger partial charge in [-0.1, -0.05) is 124 Å². The maximum atomic E-state index is 12.8. The minimum Gasteiger partial charge on any atom is -0.466 e. The molecule has 0 aromatic carbocycles. The lowest BCUT2D eigenvalue weighted by molar-refractivity contribution is -0.150. The minimum atomic E-state index is -0.0798. The van der Waals surface area contributed by atoms with E-state index in [1.54, 1.807) is 0 Å². The van der Waals surface area contributed by atoms with Crippen molar-refractivity contribution in [3.05, 3.63) is 0 Å². The van der Waals surface area contributed by atoms with Gasteiger partial charge in [0.15, 0.2) is 0 Å². The van der Waals surface area contributed by atoms with Crippen molar-refractivity contribution in [2.45, 2.75) is 187 Å². The van der Waals surface area contributed by atoms with E-state index in [-0.39, 0.29) is 24.6 Å². The SMILES string of the molecule is CCCCCCCCC(CCCCCCCC)OC(=O)CCN(CCO)CCCCCCCCC(=O)OCCCCC. The van der Waals surface area contributed by atoms with Crippen LogP contribution in [0.15, 0.2) is 0 Å². The number of rotatable bonds is 33. The molecule has 250 valence electrons. The average molecular weight is 598 g/mol. The highest BCUT2D eigenvalue weighted by atomic mass is 16.5. The van der Waals surface area contributed by atoms with E-state index in [0.717, 1.165) is 90.0 Å². The van der Waals surface area contributed by atoms with Crippen LogP contribution in [0.2, 0.25) is 0 Å². The molecule has 0 atom stereocenters. The summed E-state index contributed by atoms with van der Waals surface area (Å²) in [4.78, 5) is 26.7. The molecule has 0 aromatic heterocycles. The van der Waals surface area contributed by atoms with Gasteiger partial charge in [-0.05, 0) is 51.5 Å². The lowest BCUT2D eigenvalue weighted by atomic mass is 10.0. The van der Waals surface area contributed by atoms with Gasteiger partial charge in [0.25, 0.3) is 0 Å². The number of carbonyl (C=O) groups excluding carboxylic acids is 2. The summed E-state index contributed by atoms with van der Waals surface area (Å²) >= 11 is 0. The van der Waals surface area contributed by atoms with E-state index < -0.39 is 0 Å². The van der Waals surface area contributed by atoms with Gasteiger partial charge in [-0.3, -0.25) is 9.59 Å². The summed E-state index contributed by atoms with van der Waals surface area (Å²) < 4.78 is 11.3. The number of hydrogen-bond acceptors (Lipinski definition) is 6. The predicted molar refractivity (Wildman–Crippen MR) is 177 cm³/mol. The quantitative estimate of drug-likeness (QED) is 0.0600. The monoisotopic (exact) mass is 598 g/mol. The molecule has 0 amide bonds. The van der Waals surface area contributed by atoms with Crippen molar-refractivity contribution < 1.29 is 24.2 Å². The Hall–Kier alpha value is -1.14. The van der Waals surface area contributed by atoms with Crippen LogP contribution >= 0.6 is 0 Å². The molecule has 0 aromatic rings. The third kappa shape index (κ3) is 29.0. The Kier molecular flexibility index (Phi) is 31.9. The van der Waals surface area contributed by atoms with Crippen LogP contribution in [0.5, 0.6) is 0 Å². The lowest BCUT2D eigenvalue weighted by Gasteiger charge is -2.22. The van der Waals surface area contributed by atoms with Gasteiger partial charge in [-0.25, -0.2) is 0 Å². The van der Waals surface area contributed by atoms with Gasteiger partial charge in [0.2, 0.25) is 0 Å². The van der Waals surface area contributed by atoms with Gasteiger partial charge in [-0.15, -0.1) is 0 Å². The van der Waals surface area contributed by atoms with E-state index in [1.807, 2.05) is 0 Å². The number of esters is 2. The third-order valence-electron chi connectivity index (χ3n) is 8.22. The maximum absolute atomic E-state index is 12.8. The number of aliphatic hydroxyl groups is 1. The molecule has 0 bridgehead atoms. The Balaban J connectivity index is 4.20. The van der Waals surface area contributed by atoms with Crippen LogP contribution in [0.25, 0.3) is 0 Å². The predicted octanol–water partition coefficient (Wildman–Crippen LogP) is 9.55. The van der Waals surface area contributed by atoms with Crippen LogP contribution in [0.3, 0.4) is 0 Å². The van der Waals surface area contributed by atoms with E-state index in [0.29, 0.717) is 32.5 Å². The summed E-state index contributed by atoms with van der Waals surface area (Å²) in [5, 5.41) is 9.53. The first-order valence-electron chi connectivity index (χ1n) is 18.3. The first kappa shape index (κ1) is 40.9. The molecule has 0 unspecified atom stereocenters. The van der Waals surface area contributed by atoms with Crippen molar-refractivity contribution in [3.63, 3.8) is 0 Å². The second-order valence-electron chi connectivity index (χ2n) is 12.3. The third-order valence-corrected chi connectivity index (χ3v) is 8.22. The number of aliphatic hydroxyl groups excluding tert-OH is 1. The highest BCUT2D eigenvalue weighted by Crippen LogP contribution is 2.18. The Labute approximate surface area is 261 Å². The summed E-state index contributed by atoms with van der Waals surface area (Å²) in [7, 11) is 0. The summed E-state index contributed by atoms with van der Waals surface area (Å²) in [6.45, 7) is 9.48. The molecule has 0 fully saturated rings. The van der Waals surface area contributed by atoms with Crippen molar-refractivity contribution in [1.82, 2.24) is 4.90 Å². The molecular formula is C36H71NO5. The molecule has 0 aliphatic rings. The summed E-state index contributed by atoms with van der Waals surface area (Å²) in [5.74, 6) is -0.135. The molecule has 0 aliphatic heterocycles. The fraction of sp³-hybridized carbons (Fsp3) is 0.944. The first-order chi connectivity index (χ1) is 20.6. The molecule has 0 heterocycles. The largest absolute Gasteiger partial charge is 0.466 e. The number of nitrogens with zero attached hydrogens (tertiary/aromatic N) is 1. The maximum Gasteiger partial charge on any atom is 0.307 e. The second kappa shape index (κ2) is 32.8. The Morgan fingerprint density at radius 3 is 1.62 bits per heavy atom. The van der Waals surface area contributed by atoms with Gasteiger partial charge in [0.1, 0.15) is 6.10 Å². The van der Waals surface area contributed by atoms with Gasteiger partial charge in [0.05, 0.1) is 19.6 Å². The normalized spacial score (nSPS) is 11.5. The molecule has 6 nitrogen and oxygen atoms in total. The molecule has 1 N–H and O–H groups in total. The molecule has 6 heteroatoms. The number of carbonyl (C=O) groups is 2. The molecule has 0 rings (SSSR count). The standard InChI is InChI=1S/C36H71NO5/c1-4-7-10-12-16-20-25-34(26-21-17-13-11-8-5-2)42-36(40)28-30-37(31-32-38)29-23-19-15-14-18-22-27-35(39)41-33-24-9-6-3/h34,38H,4-33H2,1-3H3. The van der Waals surface area contributed by atoms with Crippen LogP contribution < -0.4 is 0 Å². The van der Waals surface area contributed by atoms with E-state index in [4.69, 9.17) is 9.47 Å². The summed E-state index contributed by atoms with van der Waals surface area (Å²) in [6.07, 6.45) is 27.8. The van der Waals surface area contributed by atoms with Crippen molar-refractivity contribution in [1.29, 1.82) is 0 Å². The number of hydrogen-bond donors (Lipinski definition) is 1. The molecule has 0 saturated carbocycles. The number of ether oxygens (including phenoxy) is 2. The van der Waals surface area contributed by atoms with Crippen LogP contribution in [-0.4, -0.2) is 60.9 Å². The van der Waals surface area contributed by atoms with Gasteiger partial charge >= 0.3 is 11.9 Å². The fourth-order valence-electron chi connectivity index (χ4n) is 5.46. The Morgan fingerprint density at radius 2 is 1.05 bits per heavy atom. The van der Waals surface area contributed by atoms with Crippen molar-refractivity contribution in [2.75, 3.05) is 32.8 Å². The zero-order valence-electron chi connectivity index (χ0n) is 28.3. The van der Waals surface area contributed by atoms with Crippen LogP contribution in [-0.2, 0) is 19.1 Å². The number of unbranched alkanes of at least 4 members (excludes halogenated alkanes) is 17. The van der Waals surface area contributed by atoms with E-state index >= 15 is 0 Å². The van der Waals surface area contributed by atoms with Crippen LogP contribution in [0.4, 0.5) is 0 Å². The van der Waals surface area contributed by atoms with Crippen LogP contribution in [0.1, 0.15) is 181 Å².